The molecule has 1 N–H and O–H groups in total. The zero-order valence-electron chi connectivity index (χ0n) is 9.92. The maximum Gasteiger partial charge on any atom is 0.0701 e. The van der Waals surface area contributed by atoms with Crippen molar-refractivity contribution >= 4 is 0 Å². The second-order valence-electron chi connectivity index (χ2n) is 3.46. The molecule has 0 aliphatic heterocycles. The summed E-state index contributed by atoms with van der Waals surface area (Å²) in [6.07, 6.45) is 8.15. The standard InChI is InChI=1S/C12H23NO2/c1-4-6-7-12(13-8-5-2)11-15-10-9-14-3/h1,12-13H,5-11H2,2-3H3. The van der Waals surface area contributed by atoms with Gasteiger partial charge in [0.1, 0.15) is 0 Å². The highest BCUT2D eigenvalue weighted by Gasteiger charge is 2.06. The first kappa shape index (κ1) is 14.4. The van der Waals surface area contributed by atoms with Crippen molar-refractivity contribution in [1.82, 2.24) is 5.32 Å². The first-order valence-electron chi connectivity index (χ1n) is 5.58. The molecule has 3 heteroatoms. The summed E-state index contributed by atoms with van der Waals surface area (Å²) in [5.74, 6) is 2.66. The topological polar surface area (TPSA) is 30.5 Å². The molecule has 15 heavy (non-hydrogen) atoms. The predicted octanol–water partition coefficient (Wildman–Crippen LogP) is 1.43. The van der Waals surface area contributed by atoms with Crippen LogP contribution in [0.15, 0.2) is 0 Å². The van der Waals surface area contributed by atoms with Crippen LogP contribution in [-0.2, 0) is 9.47 Å². The largest absolute Gasteiger partial charge is 0.382 e. The van der Waals surface area contributed by atoms with Crippen molar-refractivity contribution < 1.29 is 9.47 Å². The molecule has 88 valence electrons. The minimum Gasteiger partial charge on any atom is -0.382 e. The molecule has 0 radical (unpaired) electrons. The van der Waals surface area contributed by atoms with Crippen LogP contribution >= 0.6 is 0 Å². The van der Waals surface area contributed by atoms with E-state index in [0.717, 1.165) is 25.8 Å². The van der Waals surface area contributed by atoms with Crippen LogP contribution in [0.2, 0.25) is 0 Å². The Morgan fingerprint density at radius 2 is 2.20 bits per heavy atom. The second-order valence-corrected chi connectivity index (χ2v) is 3.46. The Morgan fingerprint density at radius 1 is 1.40 bits per heavy atom. The van der Waals surface area contributed by atoms with E-state index in [4.69, 9.17) is 15.9 Å². The molecule has 3 nitrogen and oxygen atoms in total. The Kier molecular flexibility index (Phi) is 11.1. The third-order valence-corrected chi connectivity index (χ3v) is 2.07. The minimum atomic E-state index is 0.373. The Morgan fingerprint density at radius 3 is 2.80 bits per heavy atom. The van der Waals surface area contributed by atoms with E-state index in [1.807, 2.05) is 0 Å². The molecule has 0 aromatic carbocycles. The Hall–Kier alpha value is -0.560. The molecule has 0 aromatic heterocycles. The van der Waals surface area contributed by atoms with Gasteiger partial charge < -0.3 is 14.8 Å². The molecule has 1 atom stereocenters. The van der Waals surface area contributed by atoms with Crippen molar-refractivity contribution in [2.75, 3.05) is 33.5 Å². The van der Waals surface area contributed by atoms with Gasteiger partial charge in [-0.15, -0.1) is 12.3 Å². The first-order valence-corrected chi connectivity index (χ1v) is 5.58. The highest BCUT2D eigenvalue weighted by Crippen LogP contribution is 1.97. The number of hydrogen-bond donors (Lipinski definition) is 1. The summed E-state index contributed by atoms with van der Waals surface area (Å²) in [6.45, 7) is 5.18. The van der Waals surface area contributed by atoms with Crippen LogP contribution in [0.25, 0.3) is 0 Å². The zero-order valence-corrected chi connectivity index (χ0v) is 9.92. The minimum absolute atomic E-state index is 0.373. The lowest BCUT2D eigenvalue weighted by Gasteiger charge is -2.17. The molecule has 0 amide bonds. The van der Waals surface area contributed by atoms with E-state index >= 15 is 0 Å². The Labute approximate surface area is 93.5 Å². The summed E-state index contributed by atoms with van der Waals surface area (Å²) in [4.78, 5) is 0. The average molecular weight is 213 g/mol. The molecular weight excluding hydrogens is 190 g/mol. The average Bonchev–Trinajstić information content (AvgIpc) is 2.27. The van der Waals surface area contributed by atoms with E-state index in [2.05, 4.69) is 18.2 Å². The lowest BCUT2D eigenvalue weighted by atomic mass is 10.1. The Bertz CT molecular complexity index is 165. The van der Waals surface area contributed by atoms with Crippen molar-refractivity contribution in [3.8, 4) is 12.3 Å². The Balaban J connectivity index is 3.55. The number of hydrogen-bond acceptors (Lipinski definition) is 3. The van der Waals surface area contributed by atoms with Crippen molar-refractivity contribution in [3.63, 3.8) is 0 Å². The molecule has 1 unspecified atom stereocenters. The number of rotatable bonds is 10. The third-order valence-electron chi connectivity index (χ3n) is 2.07. The van der Waals surface area contributed by atoms with Gasteiger partial charge in [0.05, 0.1) is 19.8 Å². The van der Waals surface area contributed by atoms with Crippen LogP contribution in [0.4, 0.5) is 0 Å². The van der Waals surface area contributed by atoms with E-state index in [1.54, 1.807) is 7.11 Å². The fourth-order valence-corrected chi connectivity index (χ4v) is 1.22. The molecule has 0 aromatic rings. The normalized spacial score (nSPS) is 12.3. The smallest absolute Gasteiger partial charge is 0.0701 e. The van der Waals surface area contributed by atoms with E-state index in [-0.39, 0.29) is 0 Å². The predicted molar refractivity (Wildman–Crippen MR) is 62.8 cm³/mol. The lowest BCUT2D eigenvalue weighted by Crippen LogP contribution is -2.34. The second kappa shape index (κ2) is 11.5. The molecule has 0 heterocycles. The van der Waals surface area contributed by atoms with E-state index < -0.39 is 0 Å². The molecule has 0 spiro atoms. The summed E-state index contributed by atoms with van der Waals surface area (Å²) in [5, 5.41) is 3.42. The van der Waals surface area contributed by atoms with Gasteiger partial charge in [-0.2, -0.15) is 0 Å². The van der Waals surface area contributed by atoms with Gasteiger partial charge in [-0.05, 0) is 19.4 Å². The van der Waals surface area contributed by atoms with Gasteiger partial charge in [-0.1, -0.05) is 6.92 Å². The molecule has 0 aliphatic rings. The fourth-order valence-electron chi connectivity index (χ4n) is 1.22. The summed E-state index contributed by atoms with van der Waals surface area (Å²) in [7, 11) is 1.68. The summed E-state index contributed by atoms with van der Waals surface area (Å²) in [6, 6.07) is 0.373. The van der Waals surface area contributed by atoms with Crippen molar-refractivity contribution in [1.29, 1.82) is 0 Å². The van der Waals surface area contributed by atoms with E-state index in [1.165, 1.54) is 0 Å². The maximum atomic E-state index is 5.47. The number of ether oxygens (including phenoxy) is 2. The van der Waals surface area contributed by atoms with Gasteiger partial charge in [-0.3, -0.25) is 0 Å². The molecule has 0 rings (SSSR count). The van der Waals surface area contributed by atoms with Crippen molar-refractivity contribution in [3.05, 3.63) is 0 Å². The van der Waals surface area contributed by atoms with Gasteiger partial charge in [0.15, 0.2) is 0 Å². The van der Waals surface area contributed by atoms with Gasteiger partial charge in [0.2, 0.25) is 0 Å². The van der Waals surface area contributed by atoms with Gasteiger partial charge in [0.25, 0.3) is 0 Å². The van der Waals surface area contributed by atoms with E-state index in [9.17, 15) is 0 Å². The van der Waals surface area contributed by atoms with Crippen LogP contribution in [0.5, 0.6) is 0 Å². The molecular formula is C12H23NO2. The molecule has 0 saturated carbocycles. The van der Waals surface area contributed by atoms with Crippen LogP contribution in [0.1, 0.15) is 26.2 Å². The number of methoxy groups -OCH3 is 1. The van der Waals surface area contributed by atoms with Crippen molar-refractivity contribution in [2.24, 2.45) is 0 Å². The summed E-state index contributed by atoms with van der Waals surface area (Å²) in [5.41, 5.74) is 0. The van der Waals surface area contributed by atoms with Crippen molar-refractivity contribution in [2.45, 2.75) is 32.2 Å². The first-order chi connectivity index (χ1) is 7.35. The molecule has 0 fully saturated rings. The molecule has 0 bridgehead atoms. The van der Waals surface area contributed by atoms with Gasteiger partial charge in [-0.25, -0.2) is 0 Å². The van der Waals surface area contributed by atoms with E-state index in [0.29, 0.717) is 25.9 Å². The quantitative estimate of drug-likeness (QED) is 0.440. The fraction of sp³-hybridized carbons (Fsp3) is 0.833. The van der Waals surface area contributed by atoms with Crippen LogP contribution < -0.4 is 5.32 Å². The highest BCUT2D eigenvalue weighted by atomic mass is 16.5. The van der Waals surface area contributed by atoms with Crippen LogP contribution in [0.3, 0.4) is 0 Å². The zero-order chi connectivity index (χ0) is 11.4. The monoisotopic (exact) mass is 213 g/mol. The number of terminal acetylenes is 1. The van der Waals surface area contributed by atoms with Gasteiger partial charge in [0, 0.05) is 19.6 Å². The SMILES string of the molecule is C#CCCC(COCCOC)NCCC. The van der Waals surface area contributed by atoms with Gasteiger partial charge >= 0.3 is 0 Å². The van der Waals surface area contributed by atoms with Crippen LogP contribution in [0, 0.1) is 12.3 Å². The lowest BCUT2D eigenvalue weighted by molar-refractivity contribution is 0.0577. The third kappa shape index (κ3) is 9.74. The molecule has 0 saturated heterocycles. The summed E-state index contributed by atoms with van der Waals surface area (Å²) >= 11 is 0. The number of nitrogens with one attached hydrogen (secondary N) is 1. The van der Waals surface area contributed by atoms with Crippen LogP contribution in [-0.4, -0.2) is 39.5 Å². The highest BCUT2D eigenvalue weighted by molar-refractivity contribution is 4.85. The maximum absolute atomic E-state index is 5.47. The summed E-state index contributed by atoms with van der Waals surface area (Å²) < 4.78 is 10.4. The molecule has 0 aliphatic carbocycles.